The van der Waals surface area contributed by atoms with Gasteiger partial charge in [-0.15, -0.1) is 0 Å². The zero-order valence-electron chi connectivity index (χ0n) is 15.5. The highest BCUT2D eigenvalue weighted by molar-refractivity contribution is 14.1. The van der Waals surface area contributed by atoms with Gasteiger partial charge in [0.15, 0.2) is 5.78 Å². The summed E-state index contributed by atoms with van der Waals surface area (Å²) in [5.74, 6) is 1.17. The first kappa shape index (κ1) is 21.7. The Morgan fingerprint density at radius 2 is 1.72 bits per heavy atom. The normalized spacial score (nSPS) is 10.9. The molecule has 6 heteroatoms. The molecule has 148 valence electrons. The Bertz CT molecular complexity index is 1050. The number of ether oxygens (including phenoxy) is 2. The number of ketones is 1. The maximum Gasteiger partial charge on any atom is 0.185 e. The van der Waals surface area contributed by atoms with Crippen molar-refractivity contribution in [2.75, 3.05) is 7.11 Å². The van der Waals surface area contributed by atoms with Crippen LogP contribution in [0.25, 0.3) is 6.08 Å². The van der Waals surface area contributed by atoms with Gasteiger partial charge in [0.2, 0.25) is 0 Å². The smallest absolute Gasteiger partial charge is 0.185 e. The number of allylic oxidation sites excluding steroid dienone is 1. The van der Waals surface area contributed by atoms with E-state index in [9.17, 15) is 4.79 Å². The topological polar surface area (TPSA) is 35.5 Å². The molecule has 0 aliphatic carbocycles. The molecule has 29 heavy (non-hydrogen) atoms. The average Bonchev–Trinajstić information content (AvgIpc) is 2.72. The molecule has 0 spiro atoms. The minimum atomic E-state index is -0.0528. The van der Waals surface area contributed by atoms with Crippen LogP contribution in [-0.2, 0) is 6.61 Å². The van der Waals surface area contributed by atoms with Gasteiger partial charge in [-0.3, -0.25) is 4.79 Å². The second-order valence-electron chi connectivity index (χ2n) is 6.14. The zero-order valence-corrected chi connectivity index (χ0v) is 19.2. The van der Waals surface area contributed by atoms with Crippen molar-refractivity contribution in [1.29, 1.82) is 0 Å². The van der Waals surface area contributed by atoms with Gasteiger partial charge in [-0.1, -0.05) is 47.5 Å². The third-order valence-corrected chi connectivity index (χ3v) is 5.39. The first-order valence-corrected chi connectivity index (χ1v) is 10.5. The van der Waals surface area contributed by atoms with E-state index < -0.39 is 0 Å². The molecule has 0 bridgehead atoms. The molecule has 3 rings (SSSR count). The molecule has 0 aliphatic rings. The van der Waals surface area contributed by atoms with Crippen LogP contribution in [0.1, 0.15) is 21.5 Å². The van der Waals surface area contributed by atoms with Gasteiger partial charge in [0, 0.05) is 19.7 Å². The van der Waals surface area contributed by atoms with Crippen LogP contribution in [0.2, 0.25) is 10.0 Å². The van der Waals surface area contributed by atoms with Gasteiger partial charge in [-0.25, -0.2) is 0 Å². The monoisotopic (exact) mass is 538 g/mol. The summed E-state index contributed by atoms with van der Waals surface area (Å²) in [6.07, 6.45) is 3.34. The van der Waals surface area contributed by atoms with Crippen LogP contribution in [0.15, 0.2) is 66.7 Å². The van der Waals surface area contributed by atoms with E-state index in [-0.39, 0.29) is 12.4 Å². The quantitative estimate of drug-likeness (QED) is 0.183. The van der Waals surface area contributed by atoms with Gasteiger partial charge in [0.25, 0.3) is 0 Å². The molecule has 3 nitrogen and oxygen atoms in total. The standard InChI is InChI=1S/C23H17Cl2IO3/c1-28-22-10-3-15(2-9-21(27)16-4-7-19(26)8-5-16)12-17(22)14-29-23-11-6-18(24)13-20(23)25/h2-13H,14H2,1H3/b9-2-. The summed E-state index contributed by atoms with van der Waals surface area (Å²) in [7, 11) is 1.60. The van der Waals surface area contributed by atoms with E-state index in [0.717, 1.165) is 14.7 Å². The Morgan fingerprint density at radius 1 is 1.00 bits per heavy atom. The van der Waals surface area contributed by atoms with Crippen molar-refractivity contribution in [1.82, 2.24) is 0 Å². The maximum atomic E-state index is 12.3. The molecule has 0 atom stereocenters. The number of rotatable bonds is 7. The molecule has 0 saturated heterocycles. The zero-order chi connectivity index (χ0) is 20.8. The molecule has 0 unspecified atom stereocenters. The first-order valence-electron chi connectivity index (χ1n) is 8.69. The molecule has 0 saturated carbocycles. The fourth-order valence-electron chi connectivity index (χ4n) is 2.65. The maximum absolute atomic E-state index is 12.3. The van der Waals surface area contributed by atoms with E-state index in [1.165, 1.54) is 0 Å². The van der Waals surface area contributed by atoms with Crippen LogP contribution < -0.4 is 9.47 Å². The highest BCUT2D eigenvalue weighted by Gasteiger charge is 2.08. The molecular formula is C23H17Cl2IO3. The largest absolute Gasteiger partial charge is 0.496 e. The summed E-state index contributed by atoms with van der Waals surface area (Å²) < 4.78 is 12.3. The molecule has 3 aromatic carbocycles. The number of benzene rings is 3. The summed E-state index contributed by atoms with van der Waals surface area (Å²) in [6.45, 7) is 0.261. The lowest BCUT2D eigenvalue weighted by Gasteiger charge is -2.12. The Balaban J connectivity index is 1.75. The molecule has 0 amide bonds. The molecule has 0 aromatic heterocycles. The minimum absolute atomic E-state index is 0.0528. The molecule has 0 heterocycles. The van der Waals surface area contributed by atoms with E-state index >= 15 is 0 Å². The number of carbonyl (C=O) groups is 1. The number of hydrogen-bond donors (Lipinski definition) is 0. The summed E-state index contributed by atoms with van der Waals surface area (Å²) >= 11 is 14.3. The minimum Gasteiger partial charge on any atom is -0.496 e. The highest BCUT2D eigenvalue weighted by Crippen LogP contribution is 2.29. The molecule has 3 aromatic rings. The van der Waals surface area contributed by atoms with E-state index in [2.05, 4.69) is 22.6 Å². The third kappa shape index (κ3) is 5.98. The highest BCUT2D eigenvalue weighted by atomic mass is 127. The van der Waals surface area contributed by atoms with Crippen molar-refractivity contribution >= 4 is 57.7 Å². The second-order valence-corrected chi connectivity index (χ2v) is 8.23. The van der Waals surface area contributed by atoms with Crippen LogP contribution >= 0.6 is 45.8 Å². The molecular weight excluding hydrogens is 522 g/mol. The van der Waals surface area contributed by atoms with Gasteiger partial charge in [0.05, 0.1) is 12.1 Å². The van der Waals surface area contributed by atoms with Gasteiger partial charge in [0.1, 0.15) is 18.1 Å². The van der Waals surface area contributed by atoms with Crippen molar-refractivity contribution in [3.8, 4) is 11.5 Å². The average molecular weight is 539 g/mol. The fourth-order valence-corrected chi connectivity index (χ4v) is 3.47. The molecule has 0 fully saturated rings. The van der Waals surface area contributed by atoms with E-state index in [0.29, 0.717) is 27.1 Å². The van der Waals surface area contributed by atoms with Gasteiger partial charge >= 0.3 is 0 Å². The van der Waals surface area contributed by atoms with Crippen LogP contribution in [-0.4, -0.2) is 12.9 Å². The second kappa shape index (κ2) is 10.1. The Hall–Kier alpha value is -2.02. The number of halogens is 3. The van der Waals surface area contributed by atoms with Gasteiger partial charge in [-0.2, -0.15) is 0 Å². The van der Waals surface area contributed by atoms with Gasteiger partial charge in [-0.05, 0) is 76.7 Å². The summed E-state index contributed by atoms with van der Waals surface area (Å²) in [6, 6.07) is 18.2. The van der Waals surface area contributed by atoms with Crippen LogP contribution in [0, 0.1) is 3.57 Å². The first-order chi connectivity index (χ1) is 14.0. The summed E-state index contributed by atoms with van der Waals surface area (Å²) in [4.78, 5) is 12.3. The lowest BCUT2D eigenvalue weighted by Crippen LogP contribution is -2.00. The Morgan fingerprint density at radius 3 is 2.41 bits per heavy atom. The van der Waals surface area contributed by atoms with E-state index in [4.69, 9.17) is 32.7 Å². The summed E-state index contributed by atoms with van der Waals surface area (Å²) in [5.41, 5.74) is 2.35. The lowest BCUT2D eigenvalue weighted by molar-refractivity contribution is 0.104. The van der Waals surface area contributed by atoms with Crippen molar-refractivity contribution in [2.45, 2.75) is 6.61 Å². The molecule has 0 N–H and O–H groups in total. The number of methoxy groups -OCH3 is 1. The van der Waals surface area contributed by atoms with Gasteiger partial charge < -0.3 is 9.47 Å². The van der Waals surface area contributed by atoms with Crippen LogP contribution in [0.5, 0.6) is 11.5 Å². The summed E-state index contributed by atoms with van der Waals surface area (Å²) in [5, 5.41) is 0.987. The predicted molar refractivity (Wildman–Crippen MR) is 126 cm³/mol. The van der Waals surface area contributed by atoms with Crippen molar-refractivity contribution in [3.05, 3.63) is 97.0 Å². The van der Waals surface area contributed by atoms with Crippen molar-refractivity contribution in [3.63, 3.8) is 0 Å². The third-order valence-electron chi connectivity index (χ3n) is 4.14. The number of hydrogen-bond acceptors (Lipinski definition) is 3. The fraction of sp³-hybridized carbons (Fsp3) is 0.0870. The Kier molecular flexibility index (Phi) is 7.58. The van der Waals surface area contributed by atoms with Crippen LogP contribution in [0.4, 0.5) is 0 Å². The Labute approximate surface area is 193 Å². The predicted octanol–water partition coefficient (Wildman–Crippen LogP) is 7.08. The van der Waals surface area contributed by atoms with Crippen molar-refractivity contribution < 1.29 is 14.3 Å². The molecule has 0 aliphatic heterocycles. The lowest BCUT2D eigenvalue weighted by atomic mass is 10.1. The molecule has 0 radical (unpaired) electrons. The van der Waals surface area contributed by atoms with E-state index in [1.54, 1.807) is 37.5 Å². The SMILES string of the molecule is COc1ccc(/C=C\C(=O)c2ccc(I)cc2)cc1COc1ccc(Cl)cc1Cl. The van der Waals surface area contributed by atoms with E-state index in [1.807, 2.05) is 42.5 Å². The number of carbonyl (C=O) groups excluding carboxylic acids is 1. The van der Waals surface area contributed by atoms with Crippen molar-refractivity contribution in [2.24, 2.45) is 0 Å². The van der Waals surface area contributed by atoms with Crippen LogP contribution in [0.3, 0.4) is 0 Å².